The van der Waals surface area contributed by atoms with Crippen molar-refractivity contribution in [2.45, 2.75) is 13.0 Å². The molecule has 0 spiro atoms. The number of fused-ring (bicyclic) bond motifs is 1. The minimum absolute atomic E-state index is 0.0224. The number of carbonyl (C=O) groups excluding carboxylic acids is 2. The topological polar surface area (TPSA) is 76.7 Å². The number of hydrogen-bond acceptors (Lipinski definition) is 4. The molecule has 0 bridgehead atoms. The first-order valence-electron chi connectivity index (χ1n) is 7.41. The van der Waals surface area contributed by atoms with Gasteiger partial charge in [0.25, 0.3) is 11.8 Å². The quantitative estimate of drug-likeness (QED) is 0.846. The first kappa shape index (κ1) is 17.4. The van der Waals surface area contributed by atoms with Crippen LogP contribution in [0.1, 0.15) is 6.92 Å². The van der Waals surface area contributed by atoms with E-state index in [1.54, 1.807) is 37.3 Å². The predicted molar refractivity (Wildman–Crippen MR) is 95.7 cm³/mol. The number of nitrogens with one attached hydrogen (secondary N) is 2. The zero-order chi connectivity index (χ0) is 18.0. The Balaban J connectivity index is 1.67. The third kappa shape index (κ3) is 4.15. The smallest absolute Gasteiger partial charge is 0.265 e. The van der Waals surface area contributed by atoms with E-state index in [-0.39, 0.29) is 18.4 Å². The van der Waals surface area contributed by atoms with E-state index in [0.717, 1.165) is 0 Å². The van der Waals surface area contributed by atoms with E-state index in [9.17, 15) is 9.59 Å². The highest BCUT2D eigenvalue weighted by atomic mass is 35.5. The standard InChI is InChI=1S/C17H14Cl2N2O4/c1-9(25-14-4-2-10(18)6-12(14)19)17(23)20-11-3-5-15-13(7-11)21-16(22)8-24-15/h2-7,9H,8H2,1H3,(H,20,23)(H,21,22). The lowest BCUT2D eigenvalue weighted by atomic mass is 10.2. The summed E-state index contributed by atoms with van der Waals surface area (Å²) in [5.74, 6) is 0.300. The van der Waals surface area contributed by atoms with Crippen molar-refractivity contribution in [3.63, 3.8) is 0 Å². The van der Waals surface area contributed by atoms with Crippen LogP contribution < -0.4 is 20.1 Å². The maximum Gasteiger partial charge on any atom is 0.265 e. The number of amides is 2. The number of ether oxygens (including phenoxy) is 2. The van der Waals surface area contributed by atoms with Crippen LogP contribution in [-0.2, 0) is 9.59 Å². The van der Waals surface area contributed by atoms with Crippen molar-refractivity contribution in [3.8, 4) is 11.5 Å². The monoisotopic (exact) mass is 380 g/mol. The summed E-state index contributed by atoms with van der Waals surface area (Å²) in [7, 11) is 0. The number of benzene rings is 2. The summed E-state index contributed by atoms with van der Waals surface area (Å²) in [6.45, 7) is 1.58. The zero-order valence-corrected chi connectivity index (χ0v) is 14.6. The molecule has 130 valence electrons. The van der Waals surface area contributed by atoms with E-state index in [2.05, 4.69) is 10.6 Å². The predicted octanol–water partition coefficient (Wildman–Crippen LogP) is 3.73. The van der Waals surface area contributed by atoms with Crippen molar-refractivity contribution in [2.75, 3.05) is 17.2 Å². The SMILES string of the molecule is CC(Oc1ccc(Cl)cc1Cl)C(=O)Nc1ccc2c(c1)NC(=O)CO2. The van der Waals surface area contributed by atoms with Gasteiger partial charge in [-0.05, 0) is 43.3 Å². The Bertz CT molecular complexity index is 841. The molecule has 2 amide bonds. The summed E-state index contributed by atoms with van der Waals surface area (Å²) in [6.07, 6.45) is -0.791. The molecule has 3 rings (SSSR count). The van der Waals surface area contributed by atoms with Gasteiger partial charge in [-0.25, -0.2) is 0 Å². The van der Waals surface area contributed by atoms with Crippen molar-refractivity contribution < 1.29 is 19.1 Å². The Hall–Kier alpha value is -2.44. The fourth-order valence-electron chi connectivity index (χ4n) is 2.22. The van der Waals surface area contributed by atoms with Crippen molar-refractivity contribution in [3.05, 3.63) is 46.4 Å². The first-order chi connectivity index (χ1) is 11.9. The van der Waals surface area contributed by atoms with Crippen LogP contribution in [0.2, 0.25) is 10.0 Å². The molecule has 6 nitrogen and oxygen atoms in total. The molecule has 25 heavy (non-hydrogen) atoms. The molecule has 0 saturated carbocycles. The Labute approximate surface area is 154 Å². The lowest BCUT2D eigenvalue weighted by Gasteiger charge is -2.19. The molecule has 8 heteroatoms. The maximum atomic E-state index is 12.3. The first-order valence-corrected chi connectivity index (χ1v) is 8.17. The molecule has 2 aromatic rings. The molecule has 0 fully saturated rings. The van der Waals surface area contributed by atoms with Crippen LogP contribution in [0, 0.1) is 0 Å². The van der Waals surface area contributed by atoms with E-state index < -0.39 is 6.10 Å². The normalized spacial score (nSPS) is 14.0. The van der Waals surface area contributed by atoms with Crippen molar-refractivity contribution >= 4 is 46.4 Å². The second-order valence-corrected chi connectivity index (χ2v) is 6.22. The van der Waals surface area contributed by atoms with E-state index in [4.69, 9.17) is 32.7 Å². The van der Waals surface area contributed by atoms with Crippen LogP contribution in [0.4, 0.5) is 11.4 Å². The lowest BCUT2D eigenvalue weighted by molar-refractivity contribution is -0.122. The van der Waals surface area contributed by atoms with Gasteiger partial charge in [-0.15, -0.1) is 0 Å². The van der Waals surface area contributed by atoms with Gasteiger partial charge in [0.15, 0.2) is 12.7 Å². The second-order valence-electron chi connectivity index (χ2n) is 5.37. The third-order valence-electron chi connectivity index (χ3n) is 3.45. The minimum Gasteiger partial charge on any atom is -0.482 e. The van der Waals surface area contributed by atoms with Gasteiger partial charge < -0.3 is 20.1 Å². The molecular formula is C17H14Cl2N2O4. The van der Waals surface area contributed by atoms with E-state index in [1.807, 2.05) is 0 Å². The number of halogens is 2. The largest absolute Gasteiger partial charge is 0.482 e. The molecule has 1 heterocycles. The van der Waals surface area contributed by atoms with Crippen LogP contribution in [0.15, 0.2) is 36.4 Å². The molecule has 1 unspecified atom stereocenters. The molecule has 0 aliphatic carbocycles. The summed E-state index contributed by atoms with van der Waals surface area (Å²) < 4.78 is 10.8. The second kappa shape index (κ2) is 7.21. The Kier molecular flexibility index (Phi) is 5.01. The average Bonchev–Trinajstić information content (AvgIpc) is 2.57. The van der Waals surface area contributed by atoms with Crippen LogP contribution in [0.5, 0.6) is 11.5 Å². The summed E-state index contributed by atoms with van der Waals surface area (Å²) in [5, 5.41) is 6.20. The molecule has 2 aromatic carbocycles. The summed E-state index contributed by atoms with van der Waals surface area (Å²) in [6, 6.07) is 9.73. The number of rotatable bonds is 4. The molecule has 2 N–H and O–H groups in total. The molecular weight excluding hydrogens is 367 g/mol. The number of hydrogen-bond donors (Lipinski definition) is 2. The van der Waals surface area contributed by atoms with Crippen LogP contribution in [0.25, 0.3) is 0 Å². The molecule has 1 aliphatic rings. The van der Waals surface area contributed by atoms with Crippen molar-refractivity contribution in [1.82, 2.24) is 0 Å². The van der Waals surface area contributed by atoms with Crippen LogP contribution in [-0.4, -0.2) is 24.5 Å². The highest BCUT2D eigenvalue weighted by molar-refractivity contribution is 6.35. The van der Waals surface area contributed by atoms with Crippen LogP contribution >= 0.6 is 23.2 Å². The van der Waals surface area contributed by atoms with Gasteiger partial charge in [0.2, 0.25) is 0 Å². The Morgan fingerprint density at radius 3 is 2.84 bits per heavy atom. The molecule has 0 radical (unpaired) electrons. The highest BCUT2D eigenvalue weighted by Gasteiger charge is 2.19. The van der Waals surface area contributed by atoms with Gasteiger partial charge in [-0.3, -0.25) is 9.59 Å². The fourth-order valence-corrected chi connectivity index (χ4v) is 2.67. The Morgan fingerprint density at radius 1 is 1.28 bits per heavy atom. The lowest BCUT2D eigenvalue weighted by Crippen LogP contribution is -2.30. The van der Waals surface area contributed by atoms with Gasteiger partial charge in [0.1, 0.15) is 11.5 Å². The Morgan fingerprint density at radius 2 is 2.08 bits per heavy atom. The van der Waals surface area contributed by atoms with Gasteiger partial charge in [0, 0.05) is 10.7 Å². The average molecular weight is 381 g/mol. The maximum absolute atomic E-state index is 12.3. The summed E-state index contributed by atoms with van der Waals surface area (Å²) in [5.41, 5.74) is 1.01. The summed E-state index contributed by atoms with van der Waals surface area (Å²) in [4.78, 5) is 23.7. The zero-order valence-electron chi connectivity index (χ0n) is 13.1. The van der Waals surface area contributed by atoms with E-state index >= 15 is 0 Å². The van der Waals surface area contributed by atoms with Gasteiger partial charge in [0.05, 0.1) is 10.7 Å². The summed E-state index contributed by atoms with van der Waals surface area (Å²) >= 11 is 11.9. The molecule has 1 atom stereocenters. The number of anilines is 2. The van der Waals surface area contributed by atoms with Gasteiger partial charge in [-0.1, -0.05) is 23.2 Å². The van der Waals surface area contributed by atoms with Crippen LogP contribution in [0.3, 0.4) is 0 Å². The molecule has 0 saturated heterocycles. The number of carbonyl (C=O) groups is 2. The van der Waals surface area contributed by atoms with Crippen molar-refractivity contribution in [1.29, 1.82) is 0 Å². The fraction of sp³-hybridized carbons (Fsp3) is 0.176. The molecule has 0 aromatic heterocycles. The van der Waals surface area contributed by atoms with Gasteiger partial charge in [-0.2, -0.15) is 0 Å². The third-order valence-corrected chi connectivity index (χ3v) is 3.98. The minimum atomic E-state index is -0.791. The highest BCUT2D eigenvalue weighted by Crippen LogP contribution is 2.31. The van der Waals surface area contributed by atoms with Crippen molar-refractivity contribution in [2.24, 2.45) is 0 Å². The van der Waals surface area contributed by atoms with E-state index in [0.29, 0.717) is 32.9 Å². The van der Waals surface area contributed by atoms with Gasteiger partial charge >= 0.3 is 0 Å². The van der Waals surface area contributed by atoms with E-state index in [1.165, 1.54) is 6.07 Å². The molecule has 1 aliphatic heterocycles.